The van der Waals surface area contributed by atoms with E-state index >= 15 is 0 Å². The number of hydrogen-bond acceptors (Lipinski definition) is 5. The molecule has 0 aromatic heterocycles. The summed E-state index contributed by atoms with van der Waals surface area (Å²) < 4.78 is 10.6. The van der Waals surface area contributed by atoms with E-state index in [2.05, 4.69) is 15.9 Å². The van der Waals surface area contributed by atoms with Crippen molar-refractivity contribution >= 4 is 39.5 Å². The summed E-state index contributed by atoms with van der Waals surface area (Å²) in [7, 11) is 0. The lowest BCUT2D eigenvalue weighted by molar-refractivity contribution is -0.142. The second-order valence-corrected chi connectivity index (χ2v) is 6.03. The zero-order valence-corrected chi connectivity index (χ0v) is 15.8. The van der Waals surface area contributed by atoms with Crippen molar-refractivity contribution < 1.29 is 23.9 Å². The van der Waals surface area contributed by atoms with E-state index in [9.17, 15) is 14.4 Å². The van der Waals surface area contributed by atoms with Gasteiger partial charge in [0.1, 0.15) is 6.54 Å². The first-order valence-corrected chi connectivity index (χ1v) is 8.75. The van der Waals surface area contributed by atoms with Gasteiger partial charge in [-0.3, -0.25) is 14.5 Å². The van der Waals surface area contributed by atoms with Crippen molar-refractivity contribution in [1.82, 2.24) is 0 Å². The molecule has 0 N–H and O–H groups in total. The Morgan fingerprint density at radius 2 is 1.62 bits per heavy atom. The SMILES string of the molecule is CCOC(=O)CN(C(=O)COC(=O)c1ccccc1Br)c1ccccc1. The number of hydrogen-bond donors (Lipinski definition) is 0. The summed E-state index contributed by atoms with van der Waals surface area (Å²) in [5.74, 6) is -1.69. The molecule has 0 saturated carbocycles. The van der Waals surface area contributed by atoms with E-state index in [1.165, 1.54) is 4.90 Å². The van der Waals surface area contributed by atoms with Crippen LogP contribution in [0.2, 0.25) is 0 Å². The maximum absolute atomic E-state index is 12.5. The van der Waals surface area contributed by atoms with E-state index in [1.807, 2.05) is 0 Å². The van der Waals surface area contributed by atoms with Crippen molar-refractivity contribution in [2.75, 3.05) is 24.7 Å². The molecule has 0 aliphatic heterocycles. The van der Waals surface area contributed by atoms with Crippen molar-refractivity contribution in [3.8, 4) is 0 Å². The minimum Gasteiger partial charge on any atom is -0.465 e. The third-order valence-corrected chi connectivity index (χ3v) is 4.07. The van der Waals surface area contributed by atoms with Gasteiger partial charge in [0.15, 0.2) is 6.61 Å². The molecule has 0 saturated heterocycles. The number of amides is 1. The summed E-state index contributed by atoms with van der Waals surface area (Å²) in [5.41, 5.74) is 0.833. The van der Waals surface area contributed by atoms with Gasteiger partial charge < -0.3 is 9.47 Å². The molecule has 0 aliphatic carbocycles. The molecular weight excluding hydrogens is 402 g/mol. The third kappa shape index (κ3) is 5.42. The third-order valence-electron chi connectivity index (χ3n) is 3.38. The summed E-state index contributed by atoms with van der Waals surface area (Å²) in [5, 5.41) is 0. The Hall–Kier alpha value is -2.67. The number of halogens is 1. The molecule has 0 unspecified atom stereocenters. The first-order chi connectivity index (χ1) is 12.5. The fraction of sp³-hybridized carbons (Fsp3) is 0.211. The van der Waals surface area contributed by atoms with Crippen molar-refractivity contribution in [2.24, 2.45) is 0 Å². The molecule has 0 bridgehead atoms. The van der Waals surface area contributed by atoms with Crippen LogP contribution in [0.1, 0.15) is 17.3 Å². The Morgan fingerprint density at radius 3 is 2.27 bits per heavy atom. The molecule has 1 amide bonds. The van der Waals surface area contributed by atoms with Gasteiger partial charge in [-0.1, -0.05) is 30.3 Å². The van der Waals surface area contributed by atoms with E-state index in [0.717, 1.165) is 0 Å². The van der Waals surface area contributed by atoms with Gasteiger partial charge >= 0.3 is 11.9 Å². The van der Waals surface area contributed by atoms with Crippen LogP contribution in [-0.2, 0) is 19.1 Å². The molecule has 0 heterocycles. The van der Waals surface area contributed by atoms with Gasteiger partial charge in [0, 0.05) is 10.2 Å². The van der Waals surface area contributed by atoms with Crippen molar-refractivity contribution in [2.45, 2.75) is 6.92 Å². The number of benzene rings is 2. The first-order valence-electron chi connectivity index (χ1n) is 7.95. The maximum atomic E-state index is 12.5. The Bertz CT molecular complexity index is 779. The predicted molar refractivity (Wildman–Crippen MR) is 99.9 cm³/mol. The lowest BCUT2D eigenvalue weighted by atomic mass is 10.2. The standard InChI is InChI=1S/C19H18BrNO5/c1-2-25-18(23)12-21(14-8-4-3-5-9-14)17(22)13-26-19(24)15-10-6-7-11-16(15)20/h3-11H,2,12-13H2,1H3. The summed E-state index contributed by atoms with van der Waals surface area (Å²) in [6.45, 7) is 1.15. The number of nitrogens with zero attached hydrogens (tertiary/aromatic N) is 1. The van der Waals surface area contributed by atoms with Crippen LogP contribution >= 0.6 is 15.9 Å². The van der Waals surface area contributed by atoms with Crippen LogP contribution in [0, 0.1) is 0 Å². The summed E-state index contributed by atoms with van der Waals surface area (Å²) in [6, 6.07) is 15.4. The van der Waals surface area contributed by atoms with Crippen LogP contribution in [0.3, 0.4) is 0 Å². The van der Waals surface area contributed by atoms with E-state index in [4.69, 9.17) is 9.47 Å². The number of para-hydroxylation sites is 1. The number of rotatable bonds is 7. The normalized spacial score (nSPS) is 10.1. The van der Waals surface area contributed by atoms with Crippen LogP contribution in [0.25, 0.3) is 0 Å². The molecule has 136 valence electrons. The highest BCUT2D eigenvalue weighted by atomic mass is 79.9. The molecule has 2 aromatic carbocycles. The van der Waals surface area contributed by atoms with Gasteiger partial charge in [0.2, 0.25) is 0 Å². The highest BCUT2D eigenvalue weighted by molar-refractivity contribution is 9.10. The number of ether oxygens (including phenoxy) is 2. The average Bonchev–Trinajstić information content (AvgIpc) is 2.65. The van der Waals surface area contributed by atoms with Gasteiger partial charge in [-0.05, 0) is 47.1 Å². The van der Waals surface area contributed by atoms with Gasteiger partial charge in [0.05, 0.1) is 12.2 Å². The molecule has 0 fully saturated rings. The highest BCUT2D eigenvalue weighted by Crippen LogP contribution is 2.17. The molecule has 6 nitrogen and oxygen atoms in total. The van der Waals surface area contributed by atoms with Gasteiger partial charge in [-0.2, -0.15) is 0 Å². The van der Waals surface area contributed by atoms with Crippen molar-refractivity contribution in [3.05, 3.63) is 64.6 Å². The quantitative estimate of drug-likeness (QED) is 0.644. The van der Waals surface area contributed by atoms with Gasteiger partial charge in [-0.25, -0.2) is 4.79 Å². The Morgan fingerprint density at radius 1 is 0.962 bits per heavy atom. The van der Waals surface area contributed by atoms with Crippen LogP contribution in [0.15, 0.2) is 59.1 Å². The lowest BCUT2D eigenvalue weighted by Gasteiger charge is -2.21. The highest BCUT2D eigenvalue weighted by Gasteiger charge is 2.22. The monoisotopic (exact) mass is 419 g/mol. The Kier molecular flexibility index (Phi) is 7.35. The average molecular weight is 420 g/mol. The summed E-state index contributed by atoms with van der Waals surface area (Å²) in [4.78, 5) is 37.7. The maximum Gasteiger partial charge on any atom is 0.339 e. The largest absolute Gasteiger partial charge is 0.465 e. The molecule has 0 radical (unpaired) electrons. The van der Waals surface area contributed by atoms with Crippen LogP contribution in [0.4, 0.5) is 5.69 Å². The lowest BCUT2D eigenvalue weighted by Crippen LogP contribution is -2.39. The van der Waals surface area contributed by atoms with E-state index in [0.29, 0.717) is 15.7 Å². The Labute approximate surface area is 159 Å². The molecule has 26 heavy (non-hydrogen) atoms. The van der Waals surface area contributed by atoms with Crippen LogP contribution in [0.5, 0.6) is 0 Å². The molecule has 0 spiro atoms. The summed E-state index contributed by atoms with van der Waals surface area (Å²) >= 11 is 3.26. The van der Waals surface area contributed by atoms with E-state index in [1.54, 1.807) is 61.5 Å². The molecular formula is C19H18BrNO5. The van der Waals surface area contributed by atoms with E-state index < -0.39 is 24.5 Å². The smallest absolute Gasteiger partial charge is 0.339 e. The second kappa shape index (κ2) is 9.72. The number of carbonyl (C=O) groups is 3. The molecule has 0 atom stereocenters. The first kappa shape index (κ1) is 19.7. The second-order valence-electron chi connectivity index (χ2n) is 5.18. The minimum absolute atomic E-state index is 0.215. The number of esters is 2. The summed E-state index contributed by atoms with van der Waals surface area (Å²) in [6.07, 6.45) is 0. The van der Waals surface area contributed by atoms with Crippen LogP contribution < -0.4 is 4.90 Å². The van der Waals surface area contributed by atoms with Gasteiger partial charge in [0.25, 0.3) is 5.91 Å². The van der Waals surface area contributed by atoms with Crippen molar-refractivity contribution in [3.63, 3.8) is 0 Å². The van der Waals surface area contributed by atoms with Crippen molar-refractivity contribution in [1.29, 1.82) is 0 Å². The molecule has 7 heteroatoms. The molecule has 2 rings (SSSR count). The minimum atomic E-state index is -0.630. The number of anilines is 1. The molecule has 0 aliphatic rings. The van der Waals surface area contributed by atoms with Gasteiger partial charge in [-0.15, -0.1) is 0 Å². The van der Waals surface area contributed by atoms with E-state index in [-0.39, 0.29) is 13.2 Å². The predicted octanol–water partition coefficient (Wildman–Crippen LogP) is 3.20. The van der Waals surface area contributed by atoms with Crippen LogP contribution in [-0.4, -0.2) is 37.6 Å². The number of carbonyl (C=O) groups excluding carboxylic acids is 3. The topological polar surface area (TPSA) is 72.9 Å². The zero-order valence-electron chi connectivity index (χ0n) is 14.2. The fourth-order valence-corrected chi connectivity index (χ4v) is 2.62. The Balaban J connectivity index is 2.07. The fourth-order valence-electron chi connectivity index (χ4n) is 2.18. The zero-order chi connectivity index (χ0) is 18.9. The molecule has 2 aromatic rings.